The molecule has 28 heavy (non-hydrogen) atoms. The van der Waals surface area contributed by atoms with E-state index in [1.54, 1.807) is 4.52 Å². The molecule has 4 rings (SSSR count). The number of nitrogens with zero attached hydrogens (tertiary/aromatic N) is 4. The number of aromatic nitrogens is 4. The van der Waals surface area contributed by atoms with E-state index in [-0.39, 0.29) is 5.91 Å². The van der Waals surface area contributed by atoms with E-state index in [4.69, 9.17) is 0 Å². The molecule has 0 spiro atoms. The van der Waals surface area contributed by atoms with Crippen molar-refractivity contribution in [3.63, 3.8) is 0 Å². The van der Waals surface area contributed by atoms with E-state index in [1.807, 2.05) is 60.7 Å². The van der Waals surface area contributed by atoms with Crippen molar-refractivity contribution < 1.29 is 4.79 Å². The zero-order valence-corrected chi connectivity index (χ0v) is 15.5. The Morgan fingerprint density at radius 1 is 1.07 bits per heavy atom. The van der Waals surface area contributed by atoms with Gasteiger partial charge in [-0.2, -0.15) is 14.6 Å². The topological polar surface area (TPSA) is 84.2 Å². The van der Waals surface area contributed by atoms with Crippen LogP contribution in [0.5, 0.6) is 0 Å². The maximum atomic E-state index is 11.1. The molecule has 2 aromatic heterocycles. The number of fused-ring (bicyclic) bond motifs is 1. The van der Waals surface area contributed by atoms with Crippen molar-refractivity contribution in [1.82, 2.24) is 19.6 Å². The fourth-order valence-corrected chi connectivity index (χ4v) is 2.99. The number of benzene rings is 2. The molecule has 4 aromatic rings. The number of amides is 1. The fourth-order valence-electron chi connectivity index (χ4n) is 2.99. The summed E-state index contributed by atoms with van der Waals surface area (Å²) in [5, 5.41) is 10.5. The summed E-state index contributed by atoms with van der Waals surface area (Å²) in [5.41, 5.74) is 3.86. The number of carbonyl (C=O) groups is 1. The van der Waals surface area contributed by atoms with Crippen LogP contribution in [0.1, 0.15) is 12.5 Å². The molecule has 7 heteroatoms. The molecule has 2 N–H and O–H groups in total. The van der Waals surface area contributed by atoms with Crippen molar-refractivity contribution >= 4 is 23.2 Å². The van der Waals surface area contributed by atoms with Crippen LogP contribution in [-0.2, 0) is 11.2 Å². The Hall–Kier alpha value is -3.74. The van der Waals surface area contributed by atoms with Crippen LogP contribution >= 0.6 is 0 Å². The molecule has 0 unspecified atom stereocenters. The van der Waals surface area contributed by atoms with Gasteiger partial charge in [0.25, 0.3) is 5.78 Å². The van der Waals surface area contributed by atoms with E-state index in [1.165, 1.54) is 18.8 Å². The van der Waals surface area contributed by atoms with Gasteiger partial charge in [0.05, 0.1) is 5.69 Å². The van der Waals surface area contributed by atoms with E-state index in [0.29, 0.717) is 5.78 Å². The molecule has 0 fully saturated rings. The lowest BCUT2D eigenvalue weighted by Crippen LogP contribution is -2.10. The van der Waals surface area contributed by atoms with E-state index in [0.717, 1.165) is 35.7 Å². The standard InChI is InChI=1S/C21H20N6O/c1-15(28)25-18-9-7-16(8-10-18)11-12-22-20-13-19(17-5-3-2-4-6-17)26-21-23-14-24-27(20)21/h2-10,13-14,22H,11-12H2,1H3,(H,25,28). The molecule has 0 aliphatic heterocycles. The van der Waals surface area contributed by atoms with Crippen LogP contribution in [0.2, 0.25) is 0 Å². The van der Waals surface area contributed by atoms with Gasteiger partial charge in [-0.25, -0.2) is 4.98 Å². The average molecular weight is 372 g/mol. The van der Waals surface area contributed by atoms with E-state index >= 15 is 0 Å². The van der Waals surface area contributed by atoms with Gasteiger partial charge in [0.15, 0.2) is 0 Å². The molecule has 0 aliphatic rings. The predicted octanol–water partition coefficient (Wildman–Crippen LogP) is 3.40. The molecule has 0 saturated heterocycles. The van der Waals surface area contributed by atoms with Gasteiger partial charge in [0.1, 0.15) is 12.1 Å². The second kappa shape index (κ2) is 7.87. The van der Waals surface area contributed by atoms with Crippen molar-refractivity contribution in [2.24, 2.45) is 0 Å². The van der Waals surface area contributed by atoms with Crippen molar-refractivity contribution in [1.29, 1.82) is 0 Å². The van der Waals surface area contributed by atoms with Crippen LogP contribution in [-0.4, -0.2) is 32.0 Å². The van der Waals surface area contributed by atoms with Crippen LogP contribution in [0.3, 0.4) is 0 Å². The van der Waals surface area contributed by atoms with Gasteiger partial charge in [-0.15, -0.1) is 0 Å². The summed E-state index contributed by atoms with van der Waals surface area (Å²) in [7, 11) is 0. The van der Waals surface area contributed by atoms with Crippen LogP contribution in [0, 0.1) is 0 Å². The monoisotopic (exact) mass is 372 g/mol. The number of anilines is 2. The van der Waals surface area contributed by atoms with E-state index in [2.05, 4.69) is 25.7 Å². The second-order valence-corrected chi connectivity index (χ2v) is 6.42. The first-order valence-electron chi connectivity index (χ1n) is 9.06. The van der Waals surface area contributed by atoms with Crippen LogP contribution in [0.4, 0.5) is 11.5 Å². The Bertz CT molecular complexity index is 1090. The minimum Gasteiger partial charge on any atom is -0.370 e. The highest BCUT2D eigenvalue weighted by atomic mass is 16.1. The van der Waals surface area contributed by atoms with Crippen LogP contribution < -0.4 is 10.6 Å². The number of rotatable bonds is 6. The third-order valence-electron chi connectivity index (χ3n) is 4.32. The maximum Gasteiger partial charge on any atom is 0.254 e. The molecule has 0 saturated carbocycles. The summed E-state index contributed by atoms with van der Waals surface area (Å²) in [5.74, 6) is 1.33. The van der Waals surface area contributed by atoms with Crippen LogP contribution in [0.25, 0.3) is 17.0 Å². The first kappa shape index (κ1) is 17.7. The molecule has 140 valence electrons. The van der Waals surface area contributed by atoms with Crippen molar-refractivity contribution in [2.45, 2.75) is 13.3 Å². The fraction of sp³-hybridized carbons (Fsp3) is 0.143. The Balaban J connectivity index is 1.48. The van der Waals surface area contributed by atoms with Gasteiger partial charge in [-0.1, -0.05) is 42.5 Å². The molecule has 2 heterocycles. The van der Waals surface area contributed by atoms with Crippen molar-refractivity contribution in [3.05, 3.63) is 72.6 Å². The van der Waals surface area contributed by atoms with Gasteiger partial charge in [0, 0.05) is 30.8 Å². The molecule has 0 radical (unpaired) electrons. The van der Waals surface area contributed by atoms with E-state index in [9.17, 15) is 4.79 Å². The Morgan fingerprint density at radius 2 is 1.86 bits per heavy atom. The largest absolute Gasteiger partial charge is 0.370 e. The Labute approximate surface area is 162 Å². The number of carbonyl (C=O) groups excluding carboxylic acids is 1. The SMILES string of the molecule is CC(=O)Nc1ccc(CCNc2cc(-c3ccccc3)nc3ncnn23)cc1. The molecule has 0 bridgehead atoms. The summed E-state index contributed by atoms with van der Waals surface area (Å²) in [6.45, 7) is 2.23. The average Bonchev–Trinajstić information content (AvgIpc) is 3.18. The molecular weight excluding hydrogens is 352 g/mol. The highest BCUT2D eigenvalue weighted by Crippen LogP contribution is 2.21. The van der Waals surface area contributed by atoms with Crippen molar-refractivity contribution in [2.75, 3.05) is 17.2 Å². The summed E-state index contributed by atoms with van der Waals surface area (Å²) in [6.07, 6.45) is 2.34. The molecule has 1 amide bonds. The van der Waals surface area contributed by atoms with Gasteiger partial charge in [0.2, 0.25) is 5.91 Å². The second-order valence-electron chi connectivity index (χ2n) is 6.42. The summed E-state index contributed by atoms with van der Waals surface area (Å²) in [4.78, 5) is 19.9. The summed E-state index contributed by atoms with van der Waals surface area (Å²) in [6, 6.07) is 19.8. The zero-order valence-electron chi connectivity index (χ0n) is 15.5. The third kappa shape index (κ3) is 3.98. The first-order chi connectivity index (χ1) is 13.7. The van der Waals surface area contributed by atoms with Gasteiger partial charge in [-0.3, -0.25) is 4.79 Å². The maximum absolute atomic E-state index is 11.1. The molecule has 7 nitrogen and oxygen atoms in total. The molecule has 0 aliphatic carbocycles. The summed E-state index contributed by atoms with van der Waals surface area (Å²) >= 11 is 0. The number of hydrogen-bond acceptors (Lipinski definition) is 5. The lowest BCUT2D eigenvalue weighted by Gasteiger charge is -2.10. The molecular formula is C21H20N6O. The molecule has 2 aromatic carbocycles. The third-order valence-corrected chi connectivity index (χ3v) is 4.32. The lowest BCUT2D eigenvalue weighted by molar-refractivity contribution is -0.114. The predicted molar refractivity (Wildman–Crippen MR) is 109 cm³/mol. The van der Waals surface area contributed by atoms with Crippen LogP contribution in [0.15, 0.2) is 67.0 Å². The smallest absolute Gasteiger partial charge is 0.254 e. The van der Waals surface area contributed by atoms with E-state index < -0.39 is 0 Å². The van der Waals surface area contributed by atoms with Gasteiger partial charge < -0.3 is 10.6 Å². The quantitative estimate of drug-likeness (QED) is 0.542. The normalized spacial score (nSPS) is 10.8. The van der Waals surface area contributed by atoms with Crippen molar-refractivity contribution in [3.8, 4) is 11.3 Å². The highest BCUT2D eigenvalue weighted by molar-refractivity contribution is 5.88. The zero-order chi connectivity index (χ0) is 19.3. The summed E-state index contributed by atoms with van der Waals surface area (Å²) < 4.78 is 1.70. The van der Waals surface area contributed by atoms with Gasteiger partial charge in [-0.05, 0) is 24.1 Å². The Kier molecular flexibility index (Phi) is 4.97. The van der Waals surface area contributed by atoms with Gasteiger partial charge >= 0.3 is 0 Å². The highest BCUT2D eigenvalue weighted by Gasteiger charge is 2.09. The number of nitrogens with one attached hydrogen (secondary N) is 2. The number of hydrogen-bond donors (Lipinski definition) is 2. The first-order valence-corrected chi connectivity index (χ1v) is 9.06. The minimum absolute atomic E-state index is 0.0711. The lowest BCUT2D eigenvalue weighted by atomic mass is 10.1. The minimum atomic E-state index is -0.0711. The molecule has 0 atom stereocenters. The Morgan fingerprint density at radius 3 is 2.61 bits per heavy atom.